The van der Waals surface area contributed by atoms with Gasteiger partial charge in [-0.05, 0) is 75.7 Å². The average Bonchev–Trinajstić information content (AvgIpc) is 2.21. The van der Waals surface area contributed by atoms with Crippen molar-refractivity contribution in [3.63, 3.8) is 0 Å². The van der Waals surface area contributed by atoms with Crippen molar-refractivity contribution < 1.29 is 9.90 Å². The van der Waals surface area contributed by atoms with E-state index in [9.17, 15) is 4.79 Å². The lowest BCUT2D eigenvalue weighted by Gasteiger charge is -2.11. The number of halogens is 2. The SMILES string of the molecule is CCC(Cc1cc(I)c(N)c(I)c1)C(=O)O. The van der Waals surface area contributed by atoms with E-state index in [0.717, 1.165) is 18.4 Å². The summed E-state index contributed by atoms with van der Waals surface area (Å²) in [6.45, 7) is 1.89. The molecule has 88 valence electrons. The topological polar surface area (TPSA) is 63.3 Å². The van der Waals surface area contributed by atoms with Gasteiger partial charge >= 0.3 is 5.97 Å². The molecule has 0 aliphatic rings. The molecule has 0 amide bonds. The first kappa shape index (κ1) is 14.0. The van der Waals surface area contributed by atoms with Gasteiger partial charge < -0.3 is 10.8 Å². The lowest BCUT2D eigenvalue weighted by Crippen LogP contribution is -2.15. The molecular weight excluding hydrogens is 432 g/mol. The molecule has 0 aromatic heterocycles. The lowest BCUT2D eigenvalue weighted by molar-refractivity contribution is -0.141. The number of nitrogen functional groups attached to an aromatic ring is 1. The molecule has 1 rings (SSSR count). The van der Waals surface area contributed by atoms with Gasteiger partial charge in [-0.1, -0.05) is 6.92 Å². The van der Waals surface area contributed by atoms with Crippen molar-refractivity contribution in [2.24, 2.45) is 5.92 Å². The van der Waals surface area contributed by atoms with Crippen LogP contribution in [0.15, 0.2) is 12.1 Å². The summed E-state index contributed by atoms with van der Waals surface area (Å²) < 4.78 is 1.97. The Morgan fingerprint density at radius 3 is 2.31 bits per heavy atom. The molecule has 0 bridgehead atoms. The Kier molecular flexibility index (Phi) is 5.29. The molecular formula is C11H13I2NO2. The molecule has 1 aromatic carbocycles. The van der Waals surface area contributed by atoms with Gasteiger partial charge in [0.1, 0.15) is 0 Å². The van der Waals surface area contributed by atoms with E-state index in [1.54, 1.807) is 0 Å². The minimum absolute atomic E-state index is 0.310. The number of hydrogen-bond acceptors (Lipinski definition) is 2. The Balaban J connectivity index is 2.93. The number of carbonyl (C=O) groups is 1. The van der Waals surface area contributed by atoms with Crippen molar-refractivity contribution in [2.75, 3.05) is 5.73 Å². The van der Waals surface area contributed by atoms with Crippen LogP contribution in [0.4, 0.5) is 5.69 Å². The fraction of sp³-hybridized carbons (Fsp3) is 0.364. The first-order valence-electron chi connectivity index (χ1n) is 4.91. The molecule has 16 heavy (non-hydrogen) atoms. The normalized spacial score (nSPS) is 12.4. The Morgan fingerprint density at radius 1 is 1.44 bits per heavy atom. The van der Waals surface area contributed by atoms with Crippen LogP contribution in [0.25, 0.3) is 0 Å². The maximum atomic E-state index is 10.9. The number of aliphatic carboxylic acids is 1. The molecule has 0 heterocycles. The van der Waals surface area contributed by atoms with Crippen LogP contribution < -0.4 is 5.73 Å². The summed E-state index contributed by atoms with van der Waals surface area (Å²) in [7, 11) is 0. The maximum absolute atomic E-state index is 10.9. The van der Waals surface area contributed by atoms with Crippen molar-refractivity contribution in [2.45, 2.75) is 19.8 Å². The summed E-state index contributed by atoms with van der Waals surface area (Å²) in [6.07, 6.45) is 1.21. The van der Waals surface area contributed by atoms with Gasteiger partial charge in [-0.25, -0.2) is 0 Å². The summed E-state index contributed by atoms with van der Waals surface area (Å²) in [5, 5.41) is 9.00. The third kappa shape index (κ3) is 3.47. The zero-order chi connectivity index (χ0) is 12.3. The van der Waals surface area contributed by atoms with Crippen molar-refractivity contribution in [1.29, 1.82) is 0 Å². The van der Waals surface area contributed by atoms with Crippen LogP contribution in [0.1, 0.15) is 18.9 Å². The van der Waals surface area contributed by atoms with Crippen molar-refractivity contribution in [3.8, 4) is 0 Å². The maximum Gasteiger partial charge on any atom is 0.306 e. The van der Waals surface area contributed by atoms with E-state index in [1.807, 2.05) is 19.1 Å². The Morgan fingerprint density at radius 2 is 1.94 bits per heavy atom. The molecule has 0 aliphatic heterocycles. The molecule has 3 nitrogen and oxygen atoms in total. The molecule has 0 radical (unpaired) electrons. The summed E-state index contributed by atoms with van der Waals surface area (Å²) >= 11 is 4.35. The molecule has 0 saturated heterocycles. The van der Waals surface area contributed by atoms with E-state index in [1.165, 1.54) is 0 Å². The summed E-state index contributed by atoms with van der Waals surface area (Å²) in [5.41, 5.74) is 7.65. The molecule has 1 aromatic rings. The predicted octanol–water partition coefficient (Wildman–Crippen LogP) is 3.13. The van der Waals surface area contributed by atoms with E-state index in [4.69, 9.17) is 10.8 Å². The standard InChI is InChI=1S/C11H13I2NO2/c1-2-7(11(15)16)3-6-4-8(12)10(14)9(13)5-6/h4-5,7H,2-3,14H2,1H3,(H,15,16). The molecule has 1 unspecified atom stereocenters. The number of carboxylic acids is 1. The van der Waals surface area contributed by atoms with Crippen LogP contribution in [-0.4, -0.2) is 11.1 Å². The zero-order valence-electron chi connectivity index (χ0n) is 8.84. The quantitative estimate of drug-likeness (QED) is 0.554. The lowest BCUT2D eigenvalue weighted by atomic mass is 9.97. The van der Waals surface area contributed by atoms with Gasteiger partial charge in [0.15, 0.2) is 0 Å². The highest BCUT2D eigenvalue weighted by atomic mass is 127. The van der Waals surface area contributed by atoms with Crippen molar-refractivity contribution in [1.82, 2.24) is 0 Å². The molecule has 0 aliphatic carbocycles. The number of nitrogens with two attached hydrogens (primary N) is 1. The van der Waals surface area contributed by atoms with Crippen molar-refractivity contribution in [3.05, 3.63) is 24.8 Å². The van der Waals surface area contributed by atoms with Gasteiger partial charge in [0, 0.05) is 7.14 Å². The minimum Gasteiger partial charge on any atom is -0.481 e. The largest absolute Gasteiger partial charge is 0.481 e. The van der Waals surface area contributed by atoms with Crippen LogP contribution >= 0.6 is 45.2 Å². The highest BCUT2D eigenvalue weighted by Crippen LogP contribution is 2.25. The van der Waals surface area contributed by atoms with E-state index in [0.29, 0.717) is 12.8 Å². The summed E-state index contributed by atoms with van der Waals surface area (Å²) in [5.74, 6) is -1.04. The molecule has 0 saturated carbocycles. The number of carboxylic acid groups (broad SMARTS) is 1. The van der Waals surface area contributed by atoms with E-state index >= 15 is 0 Å². The third-order valence-electron chi connectivity index (χ3n) is 2.46. The highest BCUT2D eigenvalue weighted by Gasteiger charge is 2.16. The Hall–Kier alpha value is -0.0500. The Bertz CT molecular complexity index is 384. The molecule has 0 fully saturated rings. The fourth-order valence-corrected chi connectivity index (χ4v) is 3.34. The van der Waals surface area contributed by atoms with Gasteiger partial charge in [-0.2, -0.15) is 0 Å². The van der Waals surface area contributed by atoms with Gasteiger partial charge in [0.2, 0.25) is 0 Å². The molecule has 5 heteroatoms. The minimum atomic E-state index is -0.732. The average molecular weight is 445 g/mol. The monoisotopic (exact) mass is 445 g/mol. The van der Waals surface area contributed by atoms with Crippen LogP contribution in [0, 0.1) is 13.1 Å². The number of anilines is 1. The third-order valence-corrected chi connectivity index (χ3v) is 4.25. The summed E-state index contributed by atoms with van der Waals surface area (Å²) in [4.78, 5) is 10.9. The second-order valence-electron chi connectivity index (χ2n) is 3.62. The molecule has 3 N–H and O–H groups in total. The highest BCUT2D eigenvalue weighted by molar-refractivity contribution is 14.1. The number of benzene rings is 1. The zero-order valence-corrected chi connectivity index (χ0v) is 13.2. The van der Waals surface area contributed by atoms with Gasteiger partial charge in [-0.3, -0.25) is 4.79 Å². The van der Waals surface area contributed by atoms with Crippen LogP contribution in [0.3, 0.4) is 0 Å². The van der Waals surface area contributed by atoms with Gasteiger partial charge in [-0.15, -0.1) is 0 Å². The second-order valence-corrected chi connectivity index (χ2v) is 5.95. The first-order chi connectivity index (χ1) is 7.45. The number of hydrogen-bond donors (Lipinski definition) is 2. The van der Waals surface area contributed by atoms with Crippen molar-refractivity contribution >= 4 is 56.8 Å². The van der Waals surface area contributed by atoms with Crippen LogP contribution in [0.2, 0.25) is 0 Å². The summed E-state index contributed by atoms with van der Waals surface area (Å²) in [6, 6.07) is 3.92. The van der Waals surface area contributed by atoms with E-state index in [2.05, 4.69) is 45.2 Å². The fourth-order valence-electron chi connectivity index (χ4n) is 1.45. The molecule has 1 atom stereocenters. The molecule has 0 spiro atoms. The van der Waals surface area contributed by atoms with Crippen LogP contribution in [0.5, 0.6) is 0 Å². The number of rotatable bonds is 4. The van der Waals surface area contributed by atoms with E-state index < -0.39 is 5.97 Å². The Labute approximate surface area is 122 Å². The predicted molar refractivity (Wildman–Crippen MR) is 81.4 cm³/mol. The van der Waals surface area contributed by atoms with Gasteiger partial charge in [0.25, 0.3) is 0 Å². The van der Waals surface area contributed by atoms with Gasteiger partial charge in [0.05, 0.1) is 11.6 Å². The van der Waals surface area contributed by atoms with Crippen LogP contribution in [-0.2, 0) is 11.2 Å². The smallest absolute Gasteiger partial charge is 0.306 e. The second kappa shape index (κ2) is 6.04. The first-order valence-corrected chi connectivity index (χ1v) is 7.07. The van der Waals surface area contributed by atoms with E-state index in [-0.39, 0.29) is 5.92 Å².